The van der Waals surface area contributed by atoms with E-state index in [1.54, 1.807) is 12.3 Å². The van der Waals surface area contributed by atoms with Crippen molar-refractivity contribution in [3.8, 4) is 0 Å². The van der Waals surface area contributed by atoms with Gasteiger partial charge >= 0.3 is 0 Å². The van der Waals surface area contributed by atoms with Gasteiger partial charge in [-0.2, -0.15) is 0 Å². The molecule has 0 unspecified atom stereocenters. The lowest BCUT2D eigenvalue weighted by Crippen LogP contribution is -2.48. The van der Waals surface area contributed by atoms with E-state index in [0.29, 0.717) is 31.4 Å². The molecule has 0 saturated carbocycles. The van der Waals surface area contributed by atoms with Gasteiger partial charge < -0.3 is 9.47 Å². The Hall–Kier alpha value is -1.34. The van der Waals surface area contributed by atoms with E-state index in [2.05, 4.69) is 28.6 Å². The first-order valence-electron chi connectivity index (χ1n) is 9.23. The van der Waals surface area contributed by atoms with E-state index < -0.39 is 0 Å². The van der Waals surface area contributed by atoms with E-state index in [-0.39, 0.29) is 5.78 Å². The number of ether oxygens (including phenoxy) is 2. The second-order valence-electron chi connectivity index (χ2n) is 6.60. The van der Waals surface area contributed by atoms with Crippen molar-refractivity contribution in [3.63, 3.8) is 0 Å². The average Bonchev–Trinajstić information content (AvgIpc) is 2.63. The first-order chi connectivity index (χ1) is 12.1. The summed E-state index contributed by atoms with van der Waals surface area (Å²) in [5.74, 6) is 0.0397. The molecule has 0 aromatic carbocycles. The van der Waals surface area contributed by atoms with Crippen LogP contribution in [0.1, 0.15) is 30.8 Å². The smallest absolute Gasteiger partial charge is 0.183 e. The fraction of sp³-hybridized carbons (Fsp3) is 0.684. The molecule has 1 fully saturated rings. The topological polar surface area (TPSA) is 54.9 Å². The molecule has 0 amide bonds. The summed E-state index contributed by atoms with van der Waals surface area (Å²) in [7, 11) is 0. The van der Waals surface area contributed by atoms with Crippen molar-refractivity contribution in [1.29, 1.82) is 0 Å². The van der Waals surface area contributed by atoms with Crippen LogP contribution in [0.3, 0.4) is 0 Å². The van der Waals surface area contributed by atoms with Gasteiger partial charge in [0.25, 0.3) is 0 Å². The summed E-state index contributed by atoms with van der Waals surface area (Å²) in [5, 5.41) is 0. The average molecular weight is 349 g/mol. The third-order valence-electron chi connectivity index (χ3n) is 4.30. The number of pyridine rings is 1. The number of hydrogen-bond donors (Lipinski definition) is 0. The largest absolute Gasteiger partial charge is 0.380 e. The van der Waals surface area contributed by atoms with Crippen molar-refractivity contribution >= 4 is 5.78 Å². The number of hydrogen-bond acceptors (Lipinski definition) is 6. The Morgan fingerprint density at radius 1 is 1.08 bits per heavy atom. The Morgan fingerprint density at radius 3 is 2.36 bits per heavy atom. The van der Waals surface area contributed by atoms with Gasteiger partial charge in [0.15, 0.2) is 5.78 Å². The summed E-state index contributed by atoms with van der Waals surface area (Å²) in [6.07, 6.45) is 2.34. The monoisotopic (exact) mass is 349 g/mol. The van der Waals surface area contributed by atoms with Crippen molar-refractivity contribution in [1.82, 2.24) is 14.8 Å². The number of carbonyl (C=O) groups excluding carboxylic acids is 1. The lowest BCUT2D eigenvalue weighted by atomic mass is 10.2. The van der Waals surface area contributed by atoms with E-state index in [1.807, 2.05) is 12.1 Å². The lowest BCUT2D eigenvalue weighted by molar-refractivity contribution is 0.0372. The van der Waals surface area contributed by atoms with Gasteiger partial charge in [0.2, 0.25) is 0 Å². The van der Waals surface area contributed by atoms with E-state index in [4.69, 9.17) is 9.47 Å². The third-order valence-corrected chi connectivity index (χ3v) is 4.30. The highest BCUT2D eigenvalue weighted by atomic mass is 16.5. The molecule has 140 valence electrons. The molecule has 1 aromatic heterocycles. The SMILES string of the molecule is CC(C)OCCN1CCN(CCOCCC(=O)c2ccccn2)CC1. The molecule has 2 heterocycles. The van der Waals surface area contributed by atoms with E-state index in [9.17, 15) is 4.79 Å². The number of ketones is 1. The Kier molecular flexibility index (Phi) is 9.04. The summed E-state index contributed by atoms with van der Waals surface area (Å²) in [6.45, 7) is 12.3. The Morgan fingerprint density at radius 2 is 1.76 bits per heavy atom. The summed E-state index contributed by atoms with van der Waals surface area (Å²) >= 11 is 0. The lowest BCUT2D eigenvalue weighted by Gasteiger charge is -2.34. The van der Waals surface area contributed by atoms with E-state index in [0.717, 1.165) is 45.9 Å². The number of nitrogens with zero attached hydrogens (tertiary/aromatic N) is 3. The minimum absolute atomic E-state index is 0.0397. The second-order valence-corrected chi connectivity index (χ2v) is 6.60. The van der Waals surface area contributed by atoms with Gasteiger partial charge in [0.1, 0.15) is 5.69 Å². The minimum Gasteiger partial charge on any atom is -0.380 e. The maximum Gasteiger partial charge on any atom is 0.183 e. The van der Waals surface area contributed by atoms with Gasteiger partial charge in [-0.05, 0) is 26.0 Å². The highest BCUT2D eigenvalue weighted by Crippen LogP contribution is 2.03. The molecule has 2 rings (SSSR count). The maximum absolute atomic E-state index is 11.9. The first kappa shape index (κ1) is 20.0. The van der Waals surface area contributed by atoms with Crippen LogP contribution in [0.15, 0.2) is 24.4 Å². The van der Waals surface area contributed by atoms with Crippen LogP contribution in [-0.4, -0.2) is 85.8 Å². The van der Waals surface area contributed by atoms with Crippen LogP contribution in [0.5, 0.6) is 0 Å². The Labute approximate surface area is 151 Å². The van der Waals surface area contributed by atoms with Crippen molar-refractivity contribution in [2.75, 3.05) is 59.1 Å². The van der Waals surface area contributed by atoms with Crippen LogP contribution in [0, 0.1) is 0 Å². The van der Waals surface area contributed by atoms with E-state index in [1.165, 1.54) is 0 Å². The molecular weight excluding hydrogens is 318 g/mol. The van der Waals surface area contributed by atoms with Crippen LogP contribution < -0.4 is 0 Å². The fourth-order valence-electron chi connectivity index (χ4n) is 2.77. The summed E-state index contributed by atoms with van der Waals surface area (Å²) in [5.41, 5.74) is 0.517. The van der Waals surface area contributed by atoms with Crippen molar-refractivity contribution in [2.45, 2.75) is 26.4 Å². The molecular formula is C19H31N3O3. The van der Waals surface area contributed by atoms with Gasteiger partial charge in [0, 0.05) is 51.9 Å². The maximum atomic E-state index is 11.9. The second kappa shape index (κ2) is 11.3. The number of rotatable bonds is 11. The van der Waals surface area contributed by atoms with Crippen molar-refractivity contribution in [3.05, 3.63) is 30.1 Å². The zero-order valence-electron chi connectivity index (χ0n) is 15.5. The van der Waals surface area contributed by atoms with Crippen molar-refractivity contribution in [2.24, 2.45) is 0 Å². The highest BCUT2D eigenvalue weighted by molar-refractivity contribution is 5.94. The molecule has 0 N–H and O–H groups in total. The van der Waals surface area contributed by atoms with Gasteiger partial charge in [-0.3, -0.25) is 19.6 Å². The molecule has 25 heavy (non-hydrogen) atoms. The normalized spacial score (nSPS) is 16.4. The molecule has 0 aliphatic carbocycles. The molecule has 0 bridgehead atoms. The molecule has 6 heteroatoms. The van der Waals surface area contributed by atoms with Crippen LogP contribution in [-0.2, 0) is 9.47 Å². The standard InChI is InChI=1S/C19H31N3O3/c1-17(2)25-16-13-22-10-8-21(9-11-22)12-15-24-14-6-19(23)18-5-3-4-7-20-18/h3-5,7,17H,6,8-16H2,1-2H3. The first-order valence-corrected chi connectivity index (χ1v) is 9.23. The molecule has 0 atom stereocenters. The molecule has 1 aliphatic rings. The van der Waals surface area contributed by atoms with Gasteiger partial charge in [-0.15, -0.1) is 0 Å². The Bertz CT molecular complexity index is 488. The van der Waals surface area contributed by atoms with Gasteiger partial charge in [-0.25, -0.2) is 0 Å². The van der Waals surface area contributed by atoms with Crippen LogP contribution in [0.4, 0.5) is 0 Å². The number of carbonyl (C=O) groups is 1. The number of aromatic nitrogens is 1. The Balaban J connectivity index is 1.49. The molecule has 1 saturated heterocycles. The summed E-state index contributed by atoms with van der Waals surface area (Å²) in [6, 6.07) is 5.38. The zero-order chi connectivity index (χ0) is 17.9. The molecule has 0 spiro atoms. The van der Waals surface area contributed by atoms with Crippen LogP contribution in [0.25, 0.3) is 0 Å². The third kappa shape index (κ3) is 8.05. The highest BCUT2D eigenvalue weighted by Gasteiger charge is 2.16. The van der Waals surface area contributed by atoms with Crippen LogP contribution >= 0.6 is 0 Å². The minimum atomic E-state index is 0.0397. The molecule has 1 aliphatic heterocycles. The number of Topliss-reactive ketones (excluding diaryl/α,β-unsaturated/α-hetero) is 1. The molecule has 0 radical (unpaired) electrons. The van der Waals surface area contributed by atoms with E-state index >= 15 is 0 Å². The summed E-state index contributed by atoms with van der Waals surface area (Å²) < 4.78 is 11.2. The number of piperazine rings is 1. The quantitative estimate of drug-likeness (QED) is 0.448. The van der Waals surface area contributed by atoms with Crippen molar-refractivity contribution < 1.29 is 14.3 Å². The molecule has 1 aromatic rings. The van der Waals surface area contributed by atoms with Gasteiger partial charge in [0.05, 0.1) is 25.9 Å². The zero-order valence-corrected chi connectivity index (χ0v) is 15.5. The molecule has 6 nitrogen and oxygen atoms in total. The van der Waals surface area contributed by atoms with Gasteiger partial charge in [-0.1, -0.05) is 6.07 Å². The fourth-order valence-corrected chi connectivity index (χ4v) is 2.77. The van der Waals surface area contributed by atoms with Crippen LogP contribution in [0.2, 0.25) is 0 Å². The summed E-state index contributed by atoms with van der Waals surface area (Å²) in [4.78, 5) is 20.8. The predicted molar refractivity (Wildman–Crippen MR) is 98.0 cm³/mol. The predicted octanol–water partition coefficient (Wildman–Crippen LogP) is 1.71.